The van der Waals surface area contributed by atoms with Gasteiger partial charge in [0, 0.05) is 18.9 Å². The molecule has 0 fully saturated rings. The van der Waals surface area contributed by atoms with Crippen molar-refractivity contribution in [1.29, 1.82) is 5.26 Å². The molecule has 2 rings (SSSR count). The summed E-state index contributed by atoms with van der Waals surface area (Å²) in [6.07, 6.45) is 2.31. The van der Waals surface area contributed by atoms with Gasteiger partial charge in [0.1, 0.15) is 11.6 Å². The van der Waals surface area contributed by atoms with Gasteiger partial charge in [-0.25, -0.2) is 0 Å². The van der Waals surface area contributed by atoms with E-state index in [2.05, 4.69) is 10.3 Å². The summed E-state index contributed by atoms with van der Waals surface area (Å²) < 4.78 is 41.9. The molecule has 0 saturated carbocycles. The smallest absolute Gasteiger partial charge is 0.416 e. The van der Waals surface area contributed by atoms with E-state index in [-0.39, 0.29) is 23.1 Å². The highest BCUT2D eigenvalue weighted by atomic mass is 19.4. The van der Waals surface area contributed by atoms with E-state index in [1.165, 1.54) is 25.3 Å². The molecule has 9 heteroatoms. The number of carbonyl (C=O) groups is 1. The fraction of sp³-hybridized carbons (Fsp3) is 0.423. The standard InChI is InChI=1S/C26H30F3N3O3/c1-24(2,3)8-7-20-10-19(6-5-17-9-18(12-30)14-31-13-17)21(11-22(20)26(27,28)29)15-32-25(4,16-33)23(34)35/h7-11,13-14,32-33H,5-6,15-16H2,1-4H3,(H,34,35)/b8-7+. The van der Waals surface area contributed by atoms with Crippen LogP contribution in [0, 0.1) is 16.7 Å². The molecule has 1 heterocycles. The van der Waals surface area contributed by atoms with Gasteiger partial charge in [-0.1, -0.05) is 39.0 Å². The van der Waals surface area contributed by atoms with Gasteiger partial charge in [-0.3, -0.25) is 15.1 Å². The summed E-state index contributed by atoms with van der Waals surface area (Å²) in [5, 5.41) is 30.7. The van der Waals surface area contributed by atoms with Gasteiger partial charge in [0.05, 0.1) is 17.7 Å². The van der Waals surface area contributed by atoms with Crippen molar-refractivity contribution in [3.63, 3.8) is 0 Å². The predicted octanol–water partition coefficient (Wildman–Crippen LogP) is 4.74. The lowest BCUT2D eigenvalue weighted by Gasteiger charge is -2.25. The monoisotopic (exact) mass is 489 g/mol. The first-order valence-corrected chi connectivity index (χ1v) is 11.0. The molecule has 188 valence electrons. The van der Waals surface area contributed by atoms with E-state index >= 15 is 0 Å². The van der Waals surface area contributed by atoms with Crippen LogP contribution in [-0.4, -0.2) is 33.3 Å². The molecule has 0 saturated heterocycles. The average molecular weight is 490 g/mol. The number of alkyl halides is 3. The molecule has 0 radical (unpaired) electrons. The van der Waals surface area contributed by atoms with Gasteiger partial charge < -0.3 is 10.2 Å². The molecule has 0 amide bonds. The Labute approximate surface area is 203 Å². The Morgan fingerprint density at radius 3 is 2.34 bits per heavy atom. The number of aromatic nitrogens is 1. The molecule has 6 nitrogen and oxygen atoms in total. The van der Waals surface area contributed by atoms with E-state index in [0.717, 1.165) is 11.6 Å². The number of hydrogen-bond acceptors (Lipinski definition) is 5. The van der Waals surface area contributed by atoms with Gasteiger partial charge in [-0.05, 0) is 59.6 Å². The molecule has 0 spiro atoms. The van der Waals surface area contributed by atoms with Crippen LogP contribution in [0.3, 0.4) is 0 Å². The Morgan fingerprint density at radius 1 is 1.11 bits per heavy atom. The zero-order valence-electron chi connectivity index (χ0n) is 20.2. The molecule has 1 atom stereocenters. The van der Waals surface area contributed by atoms with Crippen LogP contribution < -0.4 is 5.32 Å². The van der Waals surface area contributed by atoms with Crippen molar-refractivity contribution in [1.82, 2.24) is 10.3 Å². The number of hydrogen-bond donors (Lipinski definition) is 3. The molecule has 2 aromatic rings. The number of benzene rings is 1. The summed E-state index contributed by atoms with van der Waals surface area (Å²) in [5.74, 6) is -1.32. The second-order valence-corrected chi connectivity index (χ2v) is 9.75. The molecule has 0 aliphatic carbocycles. The van der Waals surface area contributed by atoms with Gasteiger partial charge >= 0.3 is 12.1 Å². The molecule has 1 aromatic heterocycles. The van der Waals surface area contributed by atoms with Crippen LogP contribution in [0.1, 0.15) is 61.1 Å². The van der Waals surface area contributed by atoms with Crippen molar-refractivity contribution < 1.29 is 28.2 Å². The summed E-state index contributed by atoms with van der Waals surface area (Å²) >= 11 is 0. The molecular formula is C26H30F3N3O3. The molecule has 0 bridgehead atoms. The second kappa shape index (κ2) is 11.0. The third-order valence-corrected chi connectivity index (χ3v) is 5.50. The highest BCUT2D eigenvalue weighted by Gasteiger charge is 2.35. The minimum atomic E-state index is -4.62. The fourth-order valence-electron chi connectivity index (χ4n) is 3.28. The number of nitrogens with zero attached hydrogens (tertiary/aromatic N) is 2. The van der Waals surface area contributed by atoms with E-state index in [1.54, 1.807) is 18.3 Å². The van der Waals surface area contributed by atoms with E-state index < -0.39 is 29.9 Å². The number of nitrogens with one attached hydrogen (secondary N) is 1. The lowest BCUT2D eigenvalue weighted by atomic mass is 9.90. The SMILES string of the molecule is CC(C)(C)/C=C/c1cc(CCc2cncc(C#N)c2)c(CNC(C)(CO)C(=O)O)cc1C(F)(F)F. The van der Waals surface area contributed by atoms with Crippen LogP contribution in [0.5, 0.6) is 0 Å². The van der Waals surface area contributed by atoms with Crippen molar-refractivity contribution in [3.8, 4) is 6.07 Å². The van der Waals surface area contributed by atoms with Gasteiger partial charge in [0.25, 0.3) is 0 Å². The van der Waals surface area contributed by atoms with Gasteiger partial charge in [0.15, 0.2) is 0 Å². The normalized spacial score (nSPS) is 14.0. The fourth-order valence-corrected chi connectivity index (χ4v) is 3.28. The molecule has 1 aromatic carbocycles. The molecule has 1 unspecified atom stereocenters. The first-order valence-electron chi connectivity index (χ1n) is 11.0. The molecule has 0 aliphatic heterocycles. The van der Waals surface area contributed by atoms with Crippen LogP contribution in [0.25, 0.3) is 6.08 Å². The Kier molecular flexibility index (Phi) is 8.82. The average Bonchev–Trinajstić information content (AvgIpc) is 2.78. The Hall–Kier alpha value is -3.22. The number of aryl methyl sites for hydroxylation is 2. The van der Waals surface area contributed by atoms with Crippen molar-refractivity contribution in [2.45, 2.75) is 58.8 Å². The van der Waals surface area contributed by atoms with E-state index in [1.807, 2.05) is 26.8 Å². The summed E-state index contributed by atoms with van der Waals surface area (Å²) in [6, 6.07) is 6.19. The van der Waals surface area contributed by atoms with Crippen molar-refractivity contribution in [2.24, 2.45) is 5.41 Å². The van der Waals surface area contributed by atoms with Crippen LogP contribution in [0.2, 0.25) is 0 Å². The van der Waals surface area contributed by atoms with Crippen LogP contribution in [0.15, 0.2) is 36.7 Å². The van der Waals surface area contributed by atoms with E-state index in [9.17, 15) is 28.2 Å². The second-order valence-electron chi connectivity index (χ2n) is 9.75. The lowest BCUT2D eigenvalue weighted by Crippen LogP contribution is -2.52. The number of aliphatic carboxylic acids is 1. The number of rotatable bonds is 9. The number of allylic oxidation sites excluding steroid dienone is 1. The summed E-state index contributed by atoms with van der Waals surface area (Å²) in [4.78, 5) is 15.6. The van der Waals surface area contributed by atoms with Gasteiger partial charge in [0.2, 0.25) is 0 Å². The number of halogens is 3. The minimum absolute atomic E-state index is 0.0123. The van der Waals surface area contributed by atoms with Crippen molar-refractivity contribution >= 4 is 12.0 Å². The lowest BCUT2D eigenvalue weighted by molar-refractivity contribution is -0.146. The Morgan fingerprint density at radius 2 is 1.80 bits per heavy atom. The zero-order valence-corrected chi connectivity index (χ0v) is 20.2. The molecule has 0 aliphatic rings. The zero-order chi connectivity index (χ0) is 26.4. The summed E-state index contributed by atoms with van der Waals surface area (Å²) in [7, 11) is 0. The quantitative estimate of drug-likeness (QED) is 0.470. The number of nitriles is 1. The van der Waals surface area contributed by atoms with E-state index in [4.69, 9.17) is 5.26 Å². The van der Waals surface area contributed by atoms with Gasteiger partial charge in [-0.15, -0.1) is 0 Å². The summed E-state index contributed by atoms with van der Waals surface area (Å²) in [6.45, 7) is 5.98. The maximum atomic E-state index is 14.0. The van der Waals surface area contributed by atoms with Gasteiger partial charge in [-0.2, -0.15) is 18.4 Å². The number of carboxylic acid groups (broad SMARTS) is 1. The number of carboxylic acids is 1. The van der Waals surface area contributed by atoms with Crippen molar-refractivity contribution in [3.05, 3.63) is 70.0 Å². The molecule has 3 N–H and O–H groups in total. The number of pyridine rings is 1. The predicted molar refractivity (Wildman–Crippen MR) is 126 cm³/mol. The Balaban J connectivity index is 2.55. The number of aliphatic hydroxyl groups is 1. The molecular weight excluding hydrogens is 459 g/mol. The van der Waals surface area contributed by atoms with Crippen LogP contribution >= 0.6 is 0 Å². The third-order valence-electron chi connectivity index (χ3n) is 5.50. The van der Waals surface area contributed by atoms with Crippen LogP contribution in [0.4, 0.5) is 13.2 Å². The molecule has 35 heavy (non-hydrogen) atoms. The number of aliphatic hydroxyl groups excluding tert-OH is 1. The maximum Gasteiger partial charge on any atom is 0.416 e. The highest BCUT2D eigenvalue weighted by Crippen LogP contribution is 2.35. The maximum absolute atomic E-state index is 14.0. The van der Waals surface area contributed by atoms with E-state index in [0.29, 0.717) is 24.0 Å². The first kappa shape index (κ1) is 28.0. The largest absolute Gasteiger partial charge is 0.480 e. The third kappa shape index (κ3) is 7.91. The van der Waals surface area contributed by atoms with Crippen LogP contribution in [-0.2, 0) is 30.4 Å². The Bertz CT molecular complexity index is 1130. The topological polar surface area (TPSA) is 106 Å². The van der Waals surface area contributed by atoms with Crippen molar-refractivity contribution in [2.75, 3.05) is 6.61 Å². The summed E-state index contributed by atoms with van der Waals surface area (Å²) in [5.41, 5.74) is -0.873. The highest BCUT2D eigenvalue weighted by molar-refractivity contribution is 5.78. The first-order chi connectivity index (χ1) is 16.2. The minimum Gasteiger partial charge on any atom is -0.480 e.